The van der Waals surface area contributed by atoms with Crippen molar-refractivity contribution in [1.82, 2.24) is 0 Å². The molecule has 6 nitrogen and oxygen atoms in total. The predicted octanol–water partition coefficient (Wildman–Crippen LogP) is 0.500. The van der Waals surface area contributed by atoms with Crippen molar-refractivity contribution in [2.75, 3.05) is 0 Å². The molecule has 1 fully saturated rings. The van der Waals surface area contributed by atoms with E-state index in [1.54, 1.807) is 0 Å². The van der Waals surface area contributed by atoms with Crippen LogP contribution in [0.25, 0.3) is 0 Å². The van der Waals surface area contributed by atoms with Crippen LogP contribution in [-0.4, -0.2) is 24.5 Å². The lowest BCUT2D eigenvalue weighted by Gasteiger charge is -2.04. The average Bonchev–Trinajstić information content (AvgIpc) is 2.44. The standard InChI is InChI=1S/C5BCl3O6/c7-1(2(8)10)3(9)13-6-14-4(11)5(12)15-6. The van der Waals surface area contributed by atoms with Gasteiger partial charge < -0.3 is 14.0 Å². The van der Waals surface area contributed by atoms with Gasteiger partial charge >= 0.3 is 19.3 Å². The Morgan fingerprint density at radius 3 is 2.00 bits per heavy atom. The minimum Gasteiger partial charge on any atom is -0.479 e. The highest BCUT2D eigenvalue weighted by Gasteiger charge is 2.46. The van der Waals surface area contributed by atoms with Crippen LogP contribution in [0.5, 0.6) is 0 Å². The van der Waals surface area contributed by atoms with Crippen molar-refractivity contribution in [1.29, 1.82) is 0 Å². The summed E-state index contributed by atoms with van der Waals surface area (Å²) in [5, 5.41) is -2.35. The minimum absolute atomic E-state index is 0.627. The zero-order valence-electron chi connectivity index (χ0n) is 6.66. The van der Waals surface area contributed by atoms with E-state index in [1.165, 1.54) is 0 Å². The smallest absolute Gasteiger partial charge is 0.479 e. The van der Waals surface area contributed by atoms with E-state index in [1.807, 2.05) is 0 Å². The lowest BCUT2D eigenvalue weighted by Crippen LogP contribution is -2.19. The summed E-state index contributed by atoms with van der Waals surface area (Å²) in [4.78, 5) is 31.5. The first-order valence-electron chi connectivity index (χ1n) is 3.25. The fourth-order valence-corrected chi connectivity index (χ4v) is 0.894. The highest BCUT2D eigenvalue weighted by atomic mass is 35.5. The zero-order chi connectivity index (χ0) is 11.6. The molecule has 1 rings (SSSR count). The van der Waals surface area contributed by atoms with E-state index in [0.717, 1.165) is 0 Å². The first kappa shape index (κ1) is 12.2. The maximum atomic E-state index is 10.5. The summed E-state index contributed by atoms with van der Waals surface area (Å²) in [5.41, 5.74) is 0. The van der Waals surface area contributed by atoms with Crippen LogP contribution in [0.4, 0.5) is 0 Å². The van der Waals surface area contributed by atoms with Crippen molar-refractivity contribution in [3.05, 3.63) is 10.3 Å². The molecule has 0 bridgehead atoms. The van der Waals surface area contributed by atoms with Crippen molar-refractivity contribution < 1.29 is 28.3 Å². The number of carbonyl (C=O) groups is 3. The van der Waals surface area contributed by atoms with Gasteiger partial charge in [-0.25, -0.2) is 9.59 Å². The van der Waals surface area contributed by atoms with Crippen molar-refractivity contribution in [3.63, 3.8) is 0 Å². The first-order chi connectivity index (χ1) is 6.91. The second-order valence-corrected chi connectivity index (χ2v) is 3.14. The minimum atomic E-state index is -1.66. The Hall–Kier alpha value is -0.915. The van der Waals surface area contributed by atoms with E-state index in [0.29, 0.717) is 0 Å². The van der Waals surface area contributed by atoms with Crippen LogP contribution < -0.4 is 0 Å². The third-order valence-electron chi connectivity index (χ3n) is 1.12. The second-order valence-electron chi connectivity index (χ2n) is 2.08. The molecule has 0 spiro atoms. The number of rotatable bonds is 3. The maximum absolute atomic E-state index is 10.5. The zero-order valence-corrected chi connectivity index (χ0v) is 8.93. The summed E-state index contributed by atoms with van der Waals surface area (Å²) in [6.45, 7) is 0. The van der Waals surface area contributed by atoms with Gasteiger partial charge in [0, 0.05) is 0 Å². The molecule has 1 aliphatic heterocycles. The van der Waals surface area contributed by atoms with Crippen molar-refractivity contribution >= 4 is 59.3 Å². The van der Waals surface area contributed by atoms with Gasteiger partial charge in [-0.05, 0) is 23.2 Å². The van der Waals surface area contributed by atoms with Crippen LogP contribution in [0, 0.1) is 0 Å². The fourth-order valence-electron chi connectivity index (χ4n) is 0.557. The van der Waals surface area contributed by atoms with E-state index in [4.69, 9.17) is 34.8 Å². The number of halogens is 3. The van der Waals surface area contributed by atoms with E-state index in [9.17, 15) is 14.4 Å². The molecule has 1 aliphatic rings. The van der Waals surface area contributed by atoms with Gasteiger partial charge in [-0.3, -0.25) is 4.79 Å². The molecule has 1 saturated heterocycles. The fraction of sp³-hybridized carbons (Fsp3) is 0. The summed E-state index contributed by atoms with van der Waals surface area (Å²) in [5.74, 6) is -2.48. The predicted molar refractivity (Wildman–Crippen MR) is 48.6 cm³/mol. The largest absolute Gasteiger partial charge is 0.869 e. The van der Waals surface area contributed by atoms with Crippen LogP contribution in [0.15, 0.2) is 10.3 Å². The molecule has 0 N–H and O–H groups in total. The summed E-state index contributed by atoms with van der Waals surface area (Å²) in [6.07, 6.45) is 0. The maximum Gasteiger partial charge on any atom is 0.869 e. The third kappa shape index (κ3) is 3.02. The molecular weight excluding hydrogens is 273 g/mol. The number of hydrogen-bond acceptors (Lipinski definition) is 6. The molecule has 80 valence electrons. The van der Waals surface area contributed by atoms with Gasteiger partial charge in [0.1, 0.15) is 0 Å². The van der Waals surface area contributed by atoms with Gasteiger partial charge in [-0.2, -0.15) is 0 Å². The number of carbonyl (C=O) groups excluding carboxylic acids is 3. The van der Waals surface area contributed by atoms with E-state index in [2.05, 4.69) is 14.0 Å². The quantitative estimate of drug-likeness (QED) is 0.245. The molecule has 1 heterocycles. The van der Waals surface area contributed by atoms with Crippen molar-refractivity contribution in [2.45, 2.75) is 0 Å². The van der Waals surface area contributed by atoms with Crippen LogP contribution >= 0.6 is 34.8 Å². The van der Waals surface area contributed by atoms with Gasteiger partial charge in [-0.1, -0.05) is 11.6 Å². The number of hydrogen-bond donors (Lipinski definition) is 0. The van der Waals surface area contributed by atoms with Gasteiger partial charge in [-0.15, -0.1) is 0 Å². The van der Waals surface area contributed by atoms with Crippen LogP contribution in [0.2, 0.25) is 0 Å². The highest BCUT2D eigenvalue weighted by molar-refractivity contribution is 6.75. The lowest BCUT2D eigenvalue weighted by atomic mass is 10.2. The van der Waals surface area contributed by atoms with Crippen LogP contribution in [0.1, 0.15) is 0 Å². The van der Waals surface area contributed by atoms with Gasteiger partial charge in [0.25, 0.3) is 5.24 Å². The third-order valence-corrected chi connectivity index (χ3v) is 2.12. The molecule has 0 aliphatic carbocycles. The highest BCUT2D eigenvalue weighted by Crippen LogP contribution is 2.20. The van der Waals surface area contributed by atoms with E-state index < -0.39 is 34.8 Å². The number of allylic oxidation sites excluding steroid dienone is 1. The molecule has 15 heavy (non-hydrogen) atoms. The Kier molecular flexibility index (Phi) is 3.84. The van der Waals surface area contributed by atoms with E-state index in [-0.39, 0.29) is 0 Å². The molecule has 0 unspecified atom stereocenters. The Bertz CT molecular complexity index is 350. The van der Waals surface area contributed by atoms with Gasteiger partial charge in [0.2, 0.25) is 0 Å². The van der Waals surface area contributed by atoms with Crippen molar-refractivity contribution in [2.24, 2.45) is 0 Å². The molecule has 0 radical (unpaired) electrons. The molecule has 0 aromatic heterocycles. The molecule has 0 saturated carbocycles. The first-order valence-corrected chi connectivity index (χ1v) is 4.38. The molecule has 10 heteroatoms. The molecule has 0 aromatic carbocycles. The van der Waals surface area contributed by atoms with Crippen LogP contribution in [-0.2, 0) is 28.3 Å². The topological polar surface area (TPSA) is 78.9 Å². The summed E-state index contributed by atoms with van der Waals surface area (Å²) in [6, 6.07) is 0. The summed E-state index contributed by atoms with van der Waals surface area (Å²) >= 11 is 15.6. The van der Waals surface area contributed by atoms with E-state index >= 15 is 0 Å². The molecular formula is C5BCl3O6. The monoisotopic (exact) mass is 272 g/mol. The molecule has 0 amide bonds. The lowest BCUT2D eigenvalue weighted by molar-refractivity contribution is -0.150. The van der Waals surface area contributed by atoms with Gasteiger partial charge in [0.15, 0.2) is 10.3 Å². The SMILES string of the molecule is O=C(Cl)C(Cl)=C(Cl)OB1OC(=O)C(=O)O1. The molecule has 0 atom stereocenters. The molecule has 0 aromatic rings. The summed E-state index contributed by atoms with van der Waals surface area (Å²) < 4.78 is 12.9. The Balaban J connectivity index is 2.65. The average molecular weight is 273 g/mol. The summed E-state index contributed by atoms with van der Waals surface area (Å²) in [7, 11) is -1.66. The van der Waals surface area contributed by atoms with Crippen LogP contribution in [0.3, 0.4) is 0 Å². The normalized spacial score (nSPS) is 16.9. The Morgan fingerprint density at radius 2 is 1.60 bits per heavy atom. The Labute approximate surface area is 98.2 Å². The Morgan fingerprint density at radius 1 is 1.13 bits per heavy atom. The second kappa shape index (κ2) is 4.74. The van der Waals surface area contributed by atoms with Crippen molar-refractivity contribution in [3.8, 4) is 0 Å². The van der Waals surface area contributed by atoms with Gasteiger partial charge in [0.05, 0.1) is 0 Å².